The van der Waals surface area contributed by atoms with Crippen LogP contribution in [0.1, 0.15) is 29.5 Å². The van der Waals surface area contributed by atoms with Crippen molar-refractivity contribution in [3.63, 3.8) is 0 Å². The molecule has 4 heterocycles. The standard InChI is InChI=1S/C30H28N6O3/c1-18-11-14-23(25(15-18)36-16-20-12-13-21(17-36)38-20)29-34-35-30(39-29)33-27-28(37)31-24-10-6-5-9-22(24)26(32-27)19-7-3-2-4-8-19/h2-11,14-15,20-21,27H,12-13,16-17H2,1H3,(H,31,37)(H,33,35)/t20?,21?,27-/m1/s1. The summed E-state index contributed by atoms with van der Waals surface area (Å²) in [6, 6.07) is 23.8. The fraction of sp³-hybridized carbons (Fsp3) is 0.267. The normalized spacial score (nSPS) is 22.1. The first-order valence-corrected chi connectivity index (χ1v) is 13.3. The van der Waals surface area contributed by atoms with E-state index in [1.165, 1.54) is 0 Å². The number of hydrogen-bond acceptors (Lipinski definition) is 8. The minimum Gasteiger partial charge on any atom is -0.403 e. The van der Waals surface area contributed by atoms with Gasteiger partial charge in [-0.05, 0) is 43.5 Å². The van der Waals surface area contributed by atoms with E-state index in [9.17, 15) is 4.79 Å². The smallest absolute Gasteiger partial charge is 0.317 e. The highest BCUT2D eigenvalue weighted by atomic mass is 16.5. The van der Waals surface area contributed by atoms with Gasteiger partial charge in [-0.1, -0.05) is 59.7 Å². The summed E-state index contributed by atoms with van der Waals surface area (Å²) in [5, 5.41) is 14.6. The molecule has 1 amide bonds. The number of aromatic nitrogens is 2. The monoisotopic (exact) mass is 520 g/mol. The van der Waals surface area contributed by atoms with Crippen molar-refractivity contribution in [2.45, 2.75) is 38.1 Å². The largest absolute Gasteiger partial charge is 0.403 e. The van der Waals surface area contributed by atoms with Crippen LogP contribution in [0.5, 0.6) is 0 Å². The van der Waals surface area contributed by atoms with Crippen LogP contribution in [0, 0.1) is 6.92 Å². The van der Waals surface area contributed by atoms with E-state index < -0.39 is 6.17 Å². The minimum absolute atomic E-state index is 0.126. The third kappa shape index (κ3) is 4.55. The van der Waals surface area contributed by atoms with Crippen molar-refractivity contribution in [2.24, 2.45) is 4.99 Å². The van der Waals surface area contributed by atoms with E-state index in [0.717, 1.165) is 53.9 Å². The van der Waals surface area contributed by atoms with Crippen molar-refractivity contribution < 1.29 is 13.9 Å². The Hall–Kier alpha value is -4.50. The van der Waals surface area contributed by atoms with Crippen LogP contribution in [0.3, 0.4) is 0 Å². The van der Waals surface area contributed by atoms with Crippen molar-refractivity contribution in [1.82, 2.24) is 10.2 Å². The molecule has 2 N–H and O–H groups in total. The summed E-state index contributed by atoms with van der Waals surface area (Å²) in [6.07, 6.45) is 1.73. The number of benzodiazepines with no additional fused rings is 1. The van der Waals surface area contributed by atoms with Gasteiger partial charge in [-0.3, -0.25) is 4.79 Å². The predicted octanol–water partition coefficient (Wildman–Crippen LogP) is 4.64. The zero-order valence-electron chi connectivity index (χ0n) is 21.5. The number of aliphatic imine (C=N–C) groups is 1. The topological polar surface area (TPSA) is 105 Å². The average molecular weight is 521 g/mol. The number of morpholine rings is 1. The Morgan fingerprint density at radius 2 is 1.69 bits per heavy atom. The van der Waals surface area contributed by atoms with Crippen LogP contribution in [-0.4, -0.2) is 53.3 Å². The molecular weight excluding hydrogens is 492 g/mol. The van der Waals surface area contributed by atoms with Gasteiger partial charge in [-0.15, -0.1) is 5.10 Å². The Morgan fingerprint density at radius 1 is 0.923 bits per heavy atom. The van der Waals surface area contributed by atoms with Crippen LogP contribution < -0.4 is 15.5 Å². The highest BCUT2D eigenvalue weighted by Gasteiger charge is 2.35. The molecule has 2 bridgehead atoms. The van der Waals surface area contributed by atoms with Gasteiger partial charge >= 0.3 is 6.01 Å². The van der Waals surface area contributed by atoms with Gasteiger partial charge in [-0.25, -0.2) is 4.99 Å². The summed E-state index contributed by atoms with van der Waals surface area (Å²) in [4.78, 5) is 20.4. The summed E-state index contributed by atoms with van der Waals surface area (Å²) in [5.41, 5.74) is 6.21. The van der Waals surface area contributed by atoms with Crippen molar-refractivity contribution in [1.29, 1.82) is 0 Å². The Balaban J connectivity index is 1.20. The number of ether oxygens (including phenoxy) is 1. The van der Waals surface area contributed by atoms with E-state index in [0.29, 0.717) is 17.3 Å². The van der Waals surface area contributed by atoms with E-state index in [4.69, 9.17) is 14.1 Å². The minimum atomic E-state index is -0.965. The maximum Gasteiger partial charge on any atom is 0.317 e. The van der Waals surface area contributed by atoms with Gasteiger partial charge in [0.2, 0.25) is 6.17 Å². The predicted molar refractivity (Wildman–Crippen MR) is 149 cm³/mol. The molecule has 7 rings (SSSR count). The zero-order chi connectivity index (χ0) is 26.3. The fourth-order valence-electron chi connectivity index (χ4n) is 5.58. The van der Waals surface area contributed by atoms with Crippen molar-refractivity contribution in [2.75, 3.05) is 28.6 Å². The van der Waals surface area contributed by atoms with E-state index in [-0.39, 0.29) is 24.1 Å². The Bertz CT molecular complexity index is 1550. The summed E-state index contributed by atoms with van der Waals surface area (Å²) < 4.78 is 12.1. The number of nitrogens with one attached hydrogen (secondary N) is 2. The van der Waals surface area contributed by atoms with Crippen molar-refractivity contribution in [3.05, 3.63) is 89.5 Å². The number of rotatable bonds is 5. The molecule has 9 nitrogen and oxygen atoms in total. The highest BCUT2D eigenvalue weighted by molar-refractivity contribution is 6.19. The molecule has 3 aliphatic rings. The van der Waals surface area contributed by atoms with Gasteiger partial charge in [0, 0.05) is 29.9 Å². The van der Waals surface area contributed by atoms with Gasteiger partial charge in [0.05, 0.1) is 29.2 Å². The molecule has 2 fully saturated rings. The fourth-order valence-corrected chi connectivity index (χ4v) is 5.58. The number of amides is 1. The van der Waals surface area contributed by atoms with E-state index in [2.05, 4.69) is 38.7 Å². The number of carbonyl (C=O) groups is 1. The number of hydrogen-bond donors (Lipinski definition) is 2. The average Bonchev–Trinajstić information content (AvgIpc) is 3.53. The van der Waals surface area contributed by atoms with E-state index in [1.807, 2.05) is 66.7 Å². The number of benzene rings is 3. The first-order valence-electron chi connectivity index (χ1n) is 13.3. The second-order valence-electron chi connectivity index (χ2n) is 10.2. The molecule has 39 heavy (non-hydrogen) atoms. The third-order valence-corrected chi connectivity index (χ3v) is 7.45. The Kier molecular flexibility index (Phi) is 5.85. The lowest BCUT2D eigenvalue weighted by Gasteiger charge is -2.34. The van der Waals surface area contributed by atoms with Crippen LogP contribution in [0.4, 0.5) is 17.4 Å². The zero-order valence-corrected chi connectivity index (χ0v) is 21.5. The molecule has 196 valence electrons. The molecule has 3 aromatic carbocycles. The lowest BCUT2D eigenvalue weighted by atomic mass is 10.0. The molecule has 1 aromatic heterocycles. The van der Waals surface area contributed by atoms with Crippen LogP contribution in [0.25, 0.3) is 11.5 Å². The second-order valence-corrected chi connectivity index (χ2v) is 10.2. The van der Waals surface area contributed by atoms with Gasteiger partial charge in [-0.2, -0.15) is 0 Å². The molecule has 0 spiro atoms. The molecule has 9 heteroatoms. The maximum absolute atomic E-state index is 13.2. The van der Waals surface area contributed by atoms with Crippen molar-refractivity contribution >= 4 is 29.0 Å². The molecule has 0 radical (unpaired) electrons. The SMILES string of the molecule is Cc1ccc(-c2nnc(N[C@H]3N=C(c4ccccc4)c4ccccc4NC3=O)o2)c(N2CC3CCC(C2)O3)c1. The summed E-state index contributed by atoms with van der Waals surface area (Å²) >= 11 is 0. The van der Waals surface area contributed by atoms with Crippen LogP contribution >= 0.6 is 0 Å². The molecule has 0 aliphatic carbocycles. The third-order valence-electron chi connectivity index (χ3n) is 7.45. The second kappa shape index (κ2) is 9.67. The summed E-state index contributed by atoms with van der Waals surface area (Å²) in [7, 11) is 0. The molecule has 3 atom stereocenters. The maximum atomic E-state index is 13.2. The Labute approximate surface area is 225 Å². The number of nitrogens with zero attached hydrogens (tertiary/aromatic N) is 4. The lowest BCUT2D eigenvalue weighted by Crippen LogP contribution is -2.42. The lowest BCUT2D eigenvalue weighted by molar-refractivity contribution is -0.116. The van der Waals surface area contributed by atoms with Gasteiger partial charge in [0.1, 0.15) is 0 Å². The number of anilines is 3. The van der Waals surface area contributed by atoms with Crippen molar-refractivity contribution in [3.8, 4) is 11.5 Å². The first-order chi connectivity index (χ1) is 19.1. The molecular formula is C30H28N6O3. The molecule has 4 aromatic rings. The number of fused-ring (bicyclic) bond motifs is 3. The van der Waals surface area contributed by atoms with Crippen LogP contribution in [0.15, 0.2) is 82.2 Å². The summed E-state index contributed by atoms with van der Waals surface area (Å²) in [6.45, 7) is 3.76. The highest BCUT2D eigenvalue weighted by Crippen LogP contribution is 2.36. The quantitative estimate of drug-likeness (QED) is 0.395. The van der Waals surface area contributed by atoms with Gasteiger partial charge < -0.3 is 24.7 Å². The number of aryl methyl sites for hydroxylation is 1. The molecule has 2 saturated heterocycles. The Morgan fingerprint density at radius 3 is 2.51 bits per heavy atom. The van der Waals surface area contributed by atoms with Gasteiger partial charge in [0.15, 0.2) is 0 Å². The molecule has 0 saturated carbocycles. The summed E-state index contributed by atoms with van der Waals surface area (Å²) in [5.74, 6) is 0.0730. The first kappa shape index (κ1) is 23.6. The van der Waals surface area contributed by atoms with E-state index in [1.54, 1.807) is 0 Å². The molecule has 2 unspecified atom stereocenters. The van der Waals surface area contributed by atoms with Crippen LogP contribution in [0.2, 0.25) is 0 Å². The van der Waals surface area contributed by atoms with Gasteiger partial charge in [0.25, 0.3) is 11.8 Å². The number of para-hydroxylation sites is 1. The van der Waals surface area contributed by atoms with Crippen LogP contribution in [-0.2, 0) is 9.53 Å². The number of carbonyl (C=O) groups excluding carboxylic acids is 1. The van der Waals surface area contributed by atoms with E-state index >= 15 is 0 Å². The molecule has 3 aliphatic heterocycles.